The predicted molar refractivity (Wildman–Crippen MR) is 78.0 cm³/mol. The lowest BCUT2D eigenvalue weighted by molar-refractivity contribution is 0.0890. The van der Waals surface area contributed by atoms with E-state index >= 15 is 0 Å². The van der Waals surface area contributed by atoms with E-state index in [-0.39, 0.29) is 0 Å². The van der Waals surface area contributed by atoms with Gasteiger partial charge in [0, 0.05) is 5.56 Å². The van der Waals surface area contributed by atoms with Crippen LogP contribution in [0.4, 0.5) is 0 Å². The third-order valence-corrected chi connectivity index (χ3v) is 4.25. The fourth-order valence-corrected chi connectivity index (χ4v) is 3.18. The minimum absolute atomic E-state index is 0.346. The van der Waals surface area contributed by atoms with Crippen molar-refractivity contribution < 1.29 is 9.53 Å². The molecule has 2 unspecified atom stereocenters. The summed E-state index contributed by atoms with van der Waals surface area (Å²) in [6.45, 7) is 6.31. The minimum atomic E-state index is 0.346. The van der Waals surface area contributed by atoms with E-state index in [1.807, 2.05) is 26.0 Å². The molecule has 0 radical (unpaired) electrons. The summed E-state index contributed by atoms with van der Waals surface area (Å²) in [5.41, 5.74) is 2.88. The number of carbonyl (C=O) groups excluding carboxylic acids is 1. The first kappa shape index (κ1) is 14.1. The third kappa shape index (κ3) is 3.17. The molecule has 0 N–H and O–H groups in total. The van der Waals surface area contributed by atoms with Crippen LogP contribution in [-0.2, 0) is 0 Å². The van der Waals surface area contributed by atoms with Crippen LogP contribution < -0.4 is 4.74 Å². The van der Waals surface area contributed by atoms with Crippen LogP contribution in [0.3, 0.4) is 0 Å². The highest BCUT2D eigenvalue weighted by Crippen LogP contribution is 2.33. The maximum Gasteiger partial charge on any atom is 0.150 e. The summed E-state index contributed by atoms with van der Waals surface area (Å²) >= 11 is 0. The van der Waals surface area contributed by atoms with Gasteiger partial charge in [-0.15, -0.1) is 0 Å². The summed E-state index contributed by atoms with van der Waals surface area (Å²) in [4.78, 5) is 10.9. The van der Waals surface area contributed by atoms with Crippen molar-refractivity contribution in [3.05, 3.63) is 28.8 Å². The maximum absolute atomic E-state index is 10.9. The number of benzene rings is 1. The van der Waals surface area contributed by atoms with Gasteiger partial charge in [0.05, 0.1) is 0 Å². The Hall–Kier alpha value is -1.31. The van der Waals surface area contributed by atoms with Crippen LogP contribution in [0.15, 0.2) is 12.1 Å². The molecule has 0 amide bonds. The van der Waals surface area contributed by atoms with Crippen LogP contribution in [0, 0.1) is 19.8 Å². The Balaban J connectivity index is 2.20. The number of carbonyl (C=O) groups is 1. The second-order valence-corrected chi connectivity index (χ2v) is 5.71. The first-order chi connectivity index (χ1) is 9.15. The second kappa shape index (κ2) is 6.23. The SMILES string of the molecule is CCC1CCCCC1Oc1c(C)cc(C=O)cc1C. The molecule has 1 fully saturated rings. The van der Waals surface area contributed by atoms with Gasteiger partial charge in [0.25, 0.3) is 0 Å². The molecule has 19 heavy (non-hydrogen) atoms. The first-order valence-electron chi connectivity index (χ1n) is 7.38. The summed E-state index contributed by atoms with van der Waals surface area (Å²) in [5, 5.41) is 0. The molecule has 1 saturated carbocycles. The lowest BCUT2D eigenvalue weighted by atomic mass is 9.84. The van der Waals surface area contributed by atoms with E-state index in [2.05, 4.69) is 6.92 Å². The molecular weight excluding hydrogens is 236 g/mol. The topological polar surface area (TPSA) is 26.3 Å². The van der Waals surface area contributed by atoms with E-state index in [0.29, 0.717) is 12.0 Å². The number of rotatable bonds is 4. The van der Waals surface area contributed by atoms with E-state index in [9.17, 15) is 4.79 Å². The fraction of sp³-hybridized carbons (Fsp3) is 0.588. The van der Waals surface area contributed by atoms with Crippen LogP contribution in [-0.4, -0.2) is 12.4 Å². The van der Waals surface area contributed by atoms with Crippen molar-refractivity contribution in [2.45, 2.75) is 59.0 Å². The molecular formula is C17H24O2. The van der Waals surface area contributed by atoms with Crippen LogP contribution in [0.2, 0.25) is 0 Å². The van der Waals surface area contributed by atoms with E-state index in [1.54, 1.807) is 0 Å². The van der Waals surface area contributed by atoms with Crippen molar-refractivity contribution in [1.29, 1.82) is 0 Å². The molecule has 2 atom stereocenters. The van der Waals surface area contributed by atoms with Gasteiger partial charge in [-0.2, -0.15) is 0 Å². The molecule has 0 spiro atoms. The molecule has 0 saturated heterocycles. The van der Waals surface area contributed by atoms with E-state index < -0.39 is 0 Å². The van der Waals surface area contributed by atoms with Crippen molar-refractivity contribution in [3.8, 4) is 5.75 Å². The molecule has 2 nitrogen and oxygen atoms in total. The van der Waals surface area contributed by atoms with Crippen LogP contribution in [0.25, 0.3) is 0 Å². The molecule has 104 valence electrons. The molecule has 1 aromatic rings. The highest BCUT2D eigenvalue weighted by atomic mass is 16.5. The van der Waals surface area contributed by atoms with Gasteiger partial charge < -0.3 is 4.74 Å². The molecule has 1 aromatic carbocycles. The summed E-state index contributed by atoms with van der Waals surface area (Å²) < 4.78 is 6.30. The summed E-state index contributed by atoms with van der Waals surface area (Å²) in [5.74, 6) is 1.66. The molecule has 0 heterocycles. The fourth-order valence-electron chi connectivity index (χ4n) is 3.18. The van der Waals surface area contributed by atoms with Gasteiger partial charge in [0.15, 0.2) is 0 Å². The summed E-state index contributed by atoms with van der Waals surface area (Å²) in [7, 11) is 0. The Kier molecular flexibility index (Phi) is 4.62. The number of ether oxygens (including phenoxy) is 1. The van der Waals surface area contributed by atoms with Gasteiger partial charge in [0.1, 0.15) is 18.1 Å². The van der Waals surface area contributed by atoms with Crippen LogP contribution in [0.1, 0.15) is 60.5 Å². The Bertz CT molecular complexity index is 428. The van der Waals surface area contributed by atoms with Gasteiger partial charge in [-0.3, -0.25) is 4.79 Å². The monoisotopic (exact) mass is 260 g/mol. The van der Waals surface area contributed by atoms with Gasteiger partial charge in [-0.05, 0) is 68.7 Å². The quantitative estimate of drug-likeness (QED) is 0.747. The third-order valence-electron chi connectivity index (χ3n) is 4.25. The Labute approximate surface area is 116 Å². The highest BCUT2D eigenvalue weighted by Gasteiger charge is 2.26. The Morgan fingerprint density at radius 2 is 1.84 bits per heavy atom. The van der Waals surface area contributed by atoms with E-state index in [0.717, 1.165) is 35.1 Å². The molecule has 2 rings (SSSR count). The average molecular weight is 260 g/mol. The Morgan fingerprint density at radius 1 is 1.21 bits per heavy atom. The molecule has 1 aliphatic carbocycles. The molecule has 0 bridgehead atoms. The number of hydrogen-bond donors (Lipinski definition) is 0. The van der Waals surface area contributed by atoms with Gasteiger partial charge >= 0.3 is 0 Å². The number of aldehydes is 1. The normalized spacial score (nSPS) is 23.1. The van der Waals surface area contributed by atoms with Crippen molar-refractivity contribution in [1.82, 2.24) is 0 Å². The van der Waals surface area contributed by atoms with E-state index in [1.165, 1.54) is 25.7 Å². The standard InChI is InChI=1S/C17H24O2/c1-4-15-7-5-6-8-16(15)19-17-12(2)9-14(11-18)10-13(17)3/h9-11,15-16H,4-8H2,1-3H3. The zero-order chi connectivity index (χ0) is 13.8. The van der Waals surface area contributed by atoms with Gasteiger partial charge in [-0.25, -0.2) is 0 Å². The summed E-state index contributed by atoms with van der Waals surface area (Å²) in [6.07, 6.45) is 7.48. The van der Waals surface area contributed by atoms with Crippen molar-refractivity contribution >= 4 is 6.29 Å². The number of aryl methyl sites for hydroxylation is 2. The lowest BCUT2D eigenvalue weighted by Gasteiger charge is -2.32. The van der Waals surface area contributed by atoms with E-state index in [4.69, 9.17) is 4.74 Å². The van der Waals surface area contributed by atoms with Gasteiger partial charge in [-0.1, -0.05) is 13.3 Å². The van der Waals surface area contributed by atoms with Crippen molar-refractivity contribution in [3.63, 3.8) is 0 Å². The Morgan fingerprint density at radius 3 is 2.42 bits per heavy atom. The molecule has 2 heteroatoms. The summed E-state index contributed by atoms with van der Waals surface area (Å²) in [6, 6.07) is 3.83. The molecule has 0 aromatic heterocycles. The highest BCUT2D eigenvalue weighted by molar-refractivity contribution is 5.76. The van der Waals surface area contributed by atoms with Crippen molar-refractivity contribution in [2.24, 2.45) is 5.92 Å². The number of hydrogen-bond acceptors (Lipinski definition) is 2. The smallest absolute Gasteiger partial charge is 0.150 e. The average Bonchev–Trinajstić information content (AvgIpc) is 2.43. The lowest BCUT2D eigenvalue weighted by Crippen LogP contribution is -2.30. The van der Waals surface area contributed by atoms with Crippen LogP contribution in [0.5, 0.6) is 5.75 Å². The predicted octanol–water partition coefficient (Wildman–Crippen LogP) is 4.46. The molecule has 0 aliphatic heterocycles. The zero-order valence-electron chi connectivity index (χ0n) is 12.2. The molecule has 1 aliphatic rings. The largest absolute Gasteiger partial charge is 0.490 e. The van der Waals surface area contributed by atoms with Crippen LogP contribution >= 0.6 is 0 Å². The van der Waals surface area contributed by atoms with Gasteiger partial charge in [0.2, 0.25) is 0 Å². The maximum atomic E-state index is 10.9. The first-order valence-corrected chi connectivity index (χ1v) is 7.38. The van der Waals surface area contributed by atoms with Crippen molar-refractivity contribution in [2.75, 3.05) is 0 Å². The second-order valence-electron chi connectivity index (χ2n) is 5.71. The minimum Gasteiger partial charge on any atom is -0.490 e. The zero-order valence-corrected chi connectivity index (χ0v) is 12.2.